The minimum Gasteiger partial charge on any atom is -0.369 e. The van der Waals surface area contributed by atoms with E-state index in [-0.39, 0.29) is 9.64 Å². The van der Waals surface area contributed by atoms with E-state index in [0.29, 0.717) is 18.9 Å². The Morgan fingerprint density at radius 1 is 1.27 bits per heavy atom. The molecule has 0 aliphatic carbocycles. The fourth-order valence-corrected chi connectivity index (χ4v) is 3.95. The van der Waals surface area contributed by atoms with Gasteiger partial charge in [-0.15, -0.1) is 0 Å². The zero-order chi connectivity index (χ0) is 16.2. The molecule has 1 saturated heterocycles. The third-order valence-corrected chi connectivity index (χ3v) is 7.07. The van der Waals surface area contributed by atoms with Crippen molar-refractivity contribution in [2.75, 3.05) is 31.2 Å². The molecule has 124 valence electrons. The van der Waals surface area contributed by atoms with E-state index in [1.807, 2.05) is 0 Å². The van der Waals surface area contributed by atoms with Crippen molar-refractivity contribution < 1.29 is 8.42 Å². The maximum Gasteiger partial charge on any atom is 0.244 e. The third kappa shape index (κ3) is 4.36. The predicted molar refractivity (Wildman–Crippen MR) is 92.9 cm³/mol. The van der Waals surface area contributed by atoms with Gasteiger partial charge in [0.05, 0.1) is 0 Å². The van der Waals surface area contributed by atoms with Crippen LogP contribution < -0.4 is 5.32 Å². The van der Waals surface area contributed by atoms with E-state index in [1.165, 1.54) is 6.20 Å². The Hall–Kier alpha value is -0.790. The van der Waals surface area contributed by atoms with Gasteiger partial charge >= 0.3 is 0 Å². The molecule has 0 saturated carbocycles. The summed E-state index contributed by atoms with van der Waals surface area (Å²) >= 11 is 1.78. The Labute approximate surface area is 137 Å². The van der Waals surface area contributed by atoms with Crippen molar-refractivity contribution in [1.29, 1.82) is 0 Å². The largest absolute Gasteiger partial charge is 0.369 e. The molecule has 2 heterocycles. The predicted octanol–water partition coefficient (Wildman–Crippen LogP) is 2.81. The van der Waals surface area contributed by atoms with Gasteiger partial charge in [0.2, 0.25) is 10.0 Å². The molecule has 0 unspecified atom stereocenters. The monoisotopic (exact) mass is 343 g/mol. The van der Waals surface area contributed by atoms with Crippen LogP contribution in [-0.2, 0) is 10.0 Å². The fraction of sp³-hybridized carbons (Fsp3) is 0.667. The molecule has 0 bridgehead atoms. The molecule has 0 amide bonds. The van der Waals surface area contributed by atoms with E-state index >= 15 is 0 Å². The number of piperidine rings is 1. The highest BCUT2D eigenvalue weighted by Gasteiger charge is 2.26. The summed E-state index contributed by atoms with van der Waals surface area (Å²) in [7, 11) is -3.39. The summed E-state index contributed by atoms with van der Waals surface area (Å²) in [5.74, 6) is 0.708. The van der Waals surface area contributed by atoms with Gasteiger partial charge in [0, 0.05) is 30.6 Å². The van der Waals surface area contributed by atoms with Crippen LogP contribution in [0.25, 0.3) is 0 Å². The molecular formula is C15H25N3O2S2. The van der Waals surface area contributed by atoms with Crippen LogP contribution in [-0.4, -0.2) is 48.3 Å². The fourth-order valence-electron chi connectivity index (χ4n) is 2.27. The molecule has 1 aliphatic rings. The lowest BCUT2D eigenvalue weighted by atomic mass is 10.2. The van der Waals surface area contributed by atoms with Gasteiger partial charge in [-0.25, -0.2) is 13.4 Å². The average Bonchev–Trinajstić information content (AvgIpc) is 2.54. The van der Waals surface area contributed by atoms with Gasteiger partial charge in [0.1, 0.15) is 10.7 Å². The molecule has 22 heavy (non-hydrogen) atoms. The third-order valence-electron chi connectivity index (χ3n) is 3.94. The number of sulfonamides is 1. The number of nitrogens with zero attached hydrogens (tertiary/aromatic N) is 2. The van der Waals surface area contributed by atoms with E-state index in [9.17, 15) is 8.42 Å². The van der Waals surface area contributed by atoms with Gasteiger partial charge in [-0.1, -0.05) is 6.42 Å². The lowest BCUT2D eigenvalue weighted by molar-refractivity contribution is 0.346. The second-order valence-corrected chi connectivity index (χ2v) is 9.61. The SMILES string of the molecule is CSC(C)(C)CNc1ccc(S(=O)(=O)N2CCCCC2)cn1. The average molecular weight is 344 g/mol. The van der Waals surface area contributed by atoms with Crippen molar-refractivity contribution in [3.8, 4) is 0 Å². The van der Waals surface area contributed by atoms with Gasteiger partial charge < -0.3 is 5.32 Å². The second kappa shape index (κ2) is 7.19. The maximum atomic E-state index is 12.5. The summed E-state index contributed by atoms with van der Waals surface area (Å²) in [6.07, 6.45) is 6.52. The first-order chi connectivity index (χ1) is 10.3. The van der Waals surface area contributed by atoms with Crippen molar-refractivity contribution in [3.05, 3.63) is 18.3 Å². The van der Waals surface area contributed by atoms with E-state index in [2.05, 4.69) is 30.4 Å². The minimum atomic E-state index is -3.39. The van der Waals surface area contributed by atoms with Crippen LogP contribution in [0.5, 0.6) is 0 Å². The Morgan fingerprint density at radius 3 is 2.50 bits per heavy atom. The highest BCUT2D eigenvalue weighted by molar-refractivity contribution is 7.99. The number of hydrogen-bond donors (Lipinski definition) is 1. The molecule has 1 fully saturated rings. The first-order valence-corrected chi connectivity index (χ1v) is 10.3. The van der Waals surface area contributed by atoms with Crippen LogP contribution in [0.3, 0.4) is 0 Å². The Bertz CT molecular complexity index is 579. The van der Waals surface area contributed by atoms with Crippen LogP contribution in [0.2, 0.25) is 0 Å². The molecule has 0 atom stereocenters. The highest BCUT2D eigenvalue weighted by atomic mass is 32.2. The van der Waals surface area contributed by atoms with E-state index in [0.717, 1.165) is 25.8 Å². The molecule has 1 N–H and O–H groups in total. The van der Waals surface area contributed by atoms with Crippen LogP contribution in [0.15, 0.2) is 23.2 Å². The standard InChI is InChI=1S/C15H25N3O2S2/c1-15(2,21-3)12-17-14-8-7-13(11-16-14)22(19,20)18-9-5-4-6-10-18/h7-8,11H,4-6,9-10,12H2,1-3H3,(H,16,17). The van der Waals surface area contributed by atoms with Gasteiger partial charge in [0.15, 0.2) is 0 Å². The van der Waals surface area contributed by atoms with E-state index in [1.54, 1.807) is 28.2 Å². The van der Waals surface area contributed by atoms with E-state index in [4.69, 9.17) is 0 Å². The zero-order valence-corrected chi connectivity index (χ0v) is 15.1. The highest BCUT2D eigenvalue weighted by Crippen LogP contribution is 2.23. The van der Waals surface area contributed by atoms with Gasteiger partial charge in [-0.2, -0.15) is 16.1 Å². The Kier molecular flexibility index (Phi) is 5.74. The summed E-state index contributed by atoms with van der Waals surface area (Å²) in [4.78, 5) is 4.53. The van der Waals surface area contributed by atoms with Crippen molar-refractivity contribution in [1.82, 2.24) is 9.29 Å². The number of rotatable bonds is 6. The second-order valence-electron chi connectivity index (χ2n) is 6.16. The van der Waals surface area contributed by atoms with Crippen LogP contribution in [0, 0.1) is 0 Å². The number of nitrogens with one attached hydrogen (secondary N) is 1. The molecule has 2 rings (SSSR count). The first kappa shape index (κ1) is 17.6. The van der Waals surface area contributed by atoms with Crippen LogP contribution in [0.4, 0.5) is 5.82 Å². The number of thioether (sulfide) groups is 1. The molecule has 0 spiro atoms. The molecule has 7 heteroatoms. The molecule has 1 aromatic rings. The van der Waals surface area contributed by atoms with Crippen molar-refractivity contribution in [2.24, 2.45) is 0 Å². The lowest BCUT2D eigenvalue weighted by Gasteiger charge is -2.26. The van der Waals surface area contributed by atoms with Gasteiger partial charge in [-0.05, 0) is 45.1 Å². The lowest BCUT2D eigenvalue weighted by Crippen LogP contribution is -2.35. The minimum absolute atomic E-state index is 0.111. The molecule has 1 aromatic heterocycles. The Balaban J connectivity index is 2.05. The number of pyridine rings is 1. The summed E-state index contributed by atoms with van der Waals surface area (Å²) < 4.78 is 26.7. The van der Waals surface area contributed by atoms with E-state index < -0.39 is 10.0 Å². The number of anilines is 1. The van der Waals surface area contributed by atoms with Crippen molar-refractivity contribution in [2.45, 2.75) is 42.8 Å². The molecule has 5 nitrogen and oxygen atoms in total. The number of aromatic nitrogens is 1. The van der Waals surface area contributed by atoms with Crippen LogP contribution >= 0.6 is 11.8 Å². The molecule has 0 radical (unpaired) electrons. The van der Waals surface area contributed by atoms with Gasteiger partial charge in [0.25, 0.3) is 0 Å². The van der Waals surface area contributed by atoms with Crippen molar-refractivity contribution >= 4 is 27.6 Å². The molecule has 0 aromatic carbocycles. The first-order valence-electron chi connectivity index (χ1n) is 7.60. The van der Waals surface area contributed by atoms with Gasteiger partial charge in [-0.3, -0.25) is 0 Å². The Morgan fingerprint density at radius 2 is 1.95 bits per heavy atom. The summed E-state index contributed by atoms with van der Waals surface area (Å²) in [6.45, 7) is 6.31. The molecular weight excluding hydrogens is 318 g/mol. The number of hydrogen-bond acceptors (Lipinski definition) is 5. The summed E-state index contributed by atoms with van der Waals surface area (Å²) in [5.41, 5.74) is 0. The quantitative estimate of drug-likeness (QED) is 0.860. The maximum absolute atomic E-state index is 12.5. The normalized spacial score (nSPS) is 17.4. The molecule has 1 aliphatic heterocycles. The van der Waals surface area contributed by atoms with Crippen LogP contribution in [0.1, 0.15) is 33.1 Å². The zero-order valence-electron chi connectivity index (χ0n) is 13.5. The summed E-state index contributed by atoms with van der Waals surface area (Å²) in [6, 6.07) is 3.39. The van der Waals surface area contributed by atoms with Crippen molar-refractivity contribution in [3.63, 3.8) is 0 Å². The topological polar surface area (TPSA) is 62.3 Å². The summed E-state index contributed by atoms with van der Waals surface area (Å²) in [5, 5.41) is 3.25. The smallest absolute Gasteiger partial charge is 0.244 e.